The molecule has 1 fully saturated rings. The number of Topliss-reactive ketones (excluding diaryl/α,β-unsaturated/α-hetero) is 1. The highest BCUT2D eigenvalue weighted by Gasteiger charge is 2.47. The SMILES string of the molecule is CC(C)c1cc(C(C)C)c(S(=O)(=O)[C@H]2C(=O)CC[C@@H]2C(C)C)c(C(C)C)c1. The van der Waals surface area contributed by atoms with Crippen molar-refractivity contribution in [2.45, 2.75) is 96.1 Å². The Morgan fingerprint density at radius 3 is 1.70 bits per heavy atom. The van der Waals surface area contributed by atoms with Crippen LogP contribution in [0.4, 0.5) is 0 Å². The lowest BCUT2D eigenvalue weighted by Crippen LogP contribution is -2.35. The zero-order valence-electron chi connectivity index (χ0n) is 18.2. The fourth-order valence-corrected chi connectivity index (χ4v) is 7.15. The zero-order chi connectivity index (χ0) is 20.7. The van der Waals surface area contributed by atoms with E-state index in [0.29, 0.717) is 23.7 Å². The average molecular weight is 393 g/mol. The normalized spacial score (nSPS) is 21.3. The summed E-state index contributed by atoms with van der Waals surface area (Å²) in [5.74, 6) is 0.475. The average Bonchev–Trinajstić information content (AvgIpc) is 2.95. The maximum atomic E-state index is 13.9. The van der Waals surface area contributed by atoms with Gasteiger partial charge in [-0.05, 0) is 52.7 Å². The summed E-state index contributed by atoms with van der Waals surface area (Å²) in [6, 6.07) is 4.11. The third kappa shape index (κ3) is 4.16. The number of carbonyl (C=O) groups excluding carboxylic acids is 1. The summed E-state index contributed by atoms with van der Waals surface area (Å²) in [5, 5.41) is -0.891. The second-order valence-electron chi connectivity index (χ2n) is 9.37. The molecule has 4 heteroatoms. The number of hydrogen-bond acceptors (Lipinski definition) is 3. The second-order valence-corrected chi connectivity index (χ2v) is 11.4. The lowest BCUT2D eigenvalue weighted by atomic mass is 9.89. The third-order valence-corrected chi connectivity index (χ3v) is 8.31. The summed E-state index contributed by atoms with van der Waals surface area (Å²) in [6.07, 6.45) is 1.06. The molecule has 0 N–H and O–H groups in total. The van der Waals surface area contributed by atoms with E-state index in [1.807, 2.05) is 41.5 Å². The first-order valence-electron chi connectivity index (χ1n) is 10.3. The number of rotatable bonds is 6. The van der Waals surface area contributed by atoms with Gasteiger partial charge in [-0.25, -0.2) is 8.42 Å². The smallest absolute Gasteiger partial charge is 0.189 e. The molecule has 2 rings (SSSR count). The van der Waals surface area contributed by atoms with Crippen LogP contribution in [0.1, 0.15) is 103 Å². The van der Waals surface area contributed by atoms with Gasteiger partial charge in [-0.2, -0.15) is 0 Å². The van der Waals surface area contributed by atoms with E-state index in [0.717, 1.165) is 11.1 Å². The van der Waals surface area contributed by atoms with Crippen molar-refractivity contribution in [1.29, 1.82) is 0 Å². The van der Waals surface area contributed by atoms with E-state index in [-0.39, 0.29) is 29.5 Å². The molecule has 0 amide bonds. The summed E-state index contributed by atoms with van der Waals surface area (Å²) in [7, 11) is -3.73. The third-order valence-electron chi connectivity index (χ3n) is 5.98. The monoisotopic (exact) mass is 392 g/mol. The molecule has 0 aromatic heterocycles. The van der Waals surface area contributed by atoms with E-state index in [9.17, 15) is 13.2 Å². The summed E-state index contributed by atoms with van der Waals surface area (Å²) >= 11 is 0. The van der Waals surface area contributed by atoms with Crippen molar-refractivity contribution in [2.75, 3.05) is 0 Å². The minimum atomic E-state index is -3.73. The van der Waals surface area contributed by atoms with Crippen LogP contribution < -0.4 is 0 Å². The Kier molecular flexibility index (Phi) is 6.61. The van der Waals surface area contributed by atoms with Crippen LogP contribution >= 0.6 is 0 Å². The number of ketones is 1. The maximum absolute atomic E-state index is 13.9. The van der Waals surface area contributed by atoms with Crippen LogP contribution in [0.2, 0.25) is 0 Å². The van der Waals surface area contributed by atoms with E-state index in [2.05, 4.69) is 26.0 Å². The molecule has 0 bridgehead atoms. The Morgan fingerprint density at radius 1 is 0.852 bits per heavy atom. The van der Waals surface area contributed by atoms with Gasteiger partial charge in [-0.1, -0.05) is 67.5 Å². The Morgan fingerprint density at radius 2 is 1.33 bits per heavy atom. The Labute approximate surface area is 165 Å². The van der Waals surface area contributed by atoms with E-state index in [1.54, 1.807) is 0 Å². The molecule has 1 aliphatic carbocycles. The molecule has 1 aromatic carbocycles. The van der Waals surface area contributed by atoms with Crippen molar-refractivity contribution in [3.8, 4) is 0 Å². The van der Waals surface area contributed by atoms with Gasteiger partial charge in [0.05, 0.1) is 4.90 Å². The maximum Gasteiger partial charge on any atom is 0.189 e. The van der Waals surface area contributed by atoms with Crippen molar-refractivity contribution >= 4 is 15.6 Å². The largest absolute Gasteiger partial charge is 0.298 e. The quantitative estimate of drug-likeness (QED) is 0.611. The molecule has 0 spiro atoms. The highest BCUT2D eigenvalue weighted by Crippen LogP contribution is 2.42. The summed E-state index contributed by atoms with van der Waals surface area (Å²) in [4.78, 5) is 13.1. The van der Waals surface area contributed by atoms with Crippen molar-refractivity contribution in [1.82, 2.24) is 0 Å². The van der Waals surface area contributed by atoms with Gasteiger partial charge >= 0.3 is 0 Å². The molecule has 0 unspecified atom stereocenters. The minimum absolute atomic E-state index is 0.0833. The van der Waals surface area contributed by atoms with E-state index in [1.165, 1.54) is 5.56 Å². The van der Waals surface area contributed by atoms with Crippen LogP contribution in [0.3, 0.4) is 0 Å². The molecule has 3 nitrogen and oxygen atoms in total. The number of sulfone groups is 1. The molecule has 0 radical (unpaired) electrons. The fourth-order valence-electron chi connectivity index (χ4n) is 4.27. The van der Waals surface area contributed by atoms with Crippen LogP contribution in [0.25, 0.3) is 0 Å². The zero-order valence-corrected chi connectivity index (χ0v) is 19.0. The first-order chi connectivity index (χ1) is 12.4. The number of hydrogen-bond donors (Lipinski definition) is 0. The Bertz CT molecular complexity index is 772. The Hall–Kier alpha value is -1.16. The van der Waals surface area contributed by atoms with Gasteiger partial charge in [0.25, 0.3) is 0 Å². The second kappa shape index (κ2) is 8.06. The van der Waals surface area contributed by atoms with Gasteiger partial charge in [0.1, 0.15) is 5.25 Å². The van der Waals surface area contributed by atoms with Crippen molar-refractivity contribution in [3.63, 3.8) is 0 Å². The van der Waals surface area contributed by atoms with Gasteiger partial charge in [-0.15, -0.1) is 0 Å². The van der Waals surface area contributed by atoms with Crippen LogP contribution in [-0.4, -0.2) is 19.5 Å². The molecular weight excluding hydrogens is 356 g/mol. The lowest BCUT2D eigenvalue weighted by Gasteiger charge is -2.27. The molecule has 27 heavy (non-hydrogen) atoms. The fraction of sp³-hybridized carbons (Fsp3) is 0.696. The van der Waals surface area contributed by atoms with Gasteiger partial charge in [-0.3, -0.25) is 4.79 Å². The first kappa shape index (κ1) is 22.1. The van der Waals surface area contributed by atoms with E-state index >= 15 is 0 Å². The van der Waals surface area contributed by atoms with Crippen LogP contribution in [0.15, 0.2) is 17.0 Å². The molecule has 1 saturated carbocycles. The van der Waals surface area contributed by atoms with Gasteiger partial charge in [0.15, 0.2) is 15.6 Å². The molecule has 152 valence electrons. The van der Waals surface area contributed by atoms with E-state index in [4.69, 9.17) is 0 Å². The summed E-state index contributed by atoms with van der Waals surface area (Å²) < 4.78 is 27.7. The predicted octanol–water partition coefficient (Wildman–Crippen LogP) is 5.83. The standard InChI is InChI=1S/C23H36O3S/c1-13(2)17-11-19(15(5)6)22(20(12-17)16(7)8)27(25,26)23-18(14(3)4)9-10-21(23)24/h11-16,18,23H,9-10H2,1-8H3/t18-,23-/m1/s1. The topological polar surface area (TPSA) is 51.2 Å². The highest BCUT2D eigenvalue weighted by atomic mass is 32.2. The molecule has 0 heterocycles. The minimum Gasteiger partial charge on any atom is -0.298 e. The molecule has 1 aromatic rings. The van der Waals surface area contributed by atoms with Gasteiger partial charge in [0, 0.05) is 6.42 Å². The Balaban J connectivity index is 2.80. The molecular formula is C23H36O3S. The van der Waals surface area contributed by atoms with Crippen LogP contribution in [0, 0.1) is 11.8 Å². The lowest BCUT2D eigenvalue weighted by molar-refractivity contribution is -0.117. The van der Waals surface area contributed by atoms with Crippen molar-refractivity contribution in [2.24, 2.45) is 11.8 Å². The summed E-state index contributed by atoms with van der Waals surface area (Å²) in [5.41, 5.74) is 2.90. The van der Waals surface area contributed by atoms with Crippen LogP contribution in [0.5, 0.6) is 0 Å². The van der Waals surface area contributed by atoms with Crippen molar-refractivity contribution in [3.05, 3.63) is 28.8 Å². The van der Waals surface area contributed by atoms with Crippen LogP contribution in [-0.2, 0) is 14.6 Å². The summed E-state index contributed by atoms with van der Waals surface area (Å²) in [6.45, 7) is 16.5. The molecule has 2 atom stereocenters. The number of benzene rings is 1. The first-order valence-corrected chi connectivity index (χ1v) is 11.9. The molecule has 0 aliphatic heterocycles. The predicted molar refractivity (Wildman–Crippen MR) is 112 cm³/mol. The van der Waals surface area contributed by atoms with Gasteiger partial charge < -0.3 is 0 Å². The molecule has 1 aliphatic rings. The highest BCUT2D eigenvalue weighted by molar-refractivity contribution is 7.93. The van der Waals surface area contributed by atoms with Gasteiger partial charge in [0.2, 0.25) is 0 Å². The number of carbonyl (C=O) groups is 1. The van der Waals surface area contributed by atoms with E-state index < -0.39 is 15.1 Å². The van der Waals surface area contributed by atoms with Crippen molar-refractivity contribution < 1.29 is 13.2 Å². The molecule has 0 saturated heterocycles.